The van der Waals surface area contributed by atoms with Gasteiger partial charge in [0.1, 0.15) is 0 Å². The topological polar surface area (TPSA) is 32.3 Å². The van der Waals surface area contributed by atoms with Gasteiger partial charge in [0, 0.05) is 20.1 Å². The second-order valence-electron chi connectivity index (χ2n) is 4.71. The Morgan fingerprint density at radius 1 is 1.41 bits per heavy atom. The van der Waals surface area contributed by atoms with Gasteiger partial charge in [0.2, 0.25) is 0 Å². The summed E-state index contributed by atoms with van der Waals surface area (Å²) in [4.78, 5) is 13.5. The zero-order valence-electron chi connectivity index (χ0n) is 11.6. The van der Waals surface area contributed by atoms with E-state index < -0.39 is 0 Å². The summed E-state index contributed by atoms with van der Waals surface area (Å²) < 4.78 is 0. The van der Waals surface area contributed by atoms with Crippen LogP contribution in [0.1, 0.15) is 27.2 Å². The van der Waals surface area contributed by atoms with Crippen LogP contribution in [0.4, 0.5) is 4.79 Å². The summed E-state index contributed by atoms with van der Waals surface area (Å²) in [6, 6.07) is -0.0322. The van der Waals surface area contributed by atoms with Gasteiger partial charge in [-0.2, -0.15) is 0 Å². The van der Waals surface area contributed by atoms with E-state index >= 15 is 0 Å². The Labute approximate surface area is 106 Å². The number of nitrogens with one attached hydrogen (secondary N) is 1. The van der Waals surface area contributed by atoms with E-state index in [1.54, 1.807) is 7.05 Å². The van der Waals surface area contributed by atoms with Gasteiger partial charge in [-0.3, -0.25) is 0 Å². The number of amides is 2. The molecule has 0 rings (SSSR count). The quantitative estimate of drug-likeness (QED) is 0.679. The third-order valence-corrected chi connectivity index (χ3v) is 2.97. The van der Waals surface area contributed by atoms with Gasteiger partial charge in [0.25, 0.3) is 0 Å². The molecule has 1 unspecified atom stereocenters. The Balaban J connectivity index is 4.46. The SMILES string of the molecule is C=CCCN(CC(C)C(=C)C(C)C)C(=O)NC. The number of hydrogen-bond acceptors (Lipinski definition) is 1. The van der Waals surface area contributed by atoms with Crippen LogP contribution >= 0.6 is 0 Å². The molecule has 0 radical (unpaired) electrons. The number of nitrogens with zero attached hydrogens (tertiary/aromatic N) is 1. The van der Waals surface area contributed by atoms with Crippen LogP contribution in [0, 0.1) is 11.8 Å². The molecule has 0 saturated carbocycles. The van der Waals surface area contributed by atoms with Crippen LogP contribution in [-0.4, -0.2) is 31.1 Å². The second kappa shape index (κ2) is 7.93. The van der Waals surface area contributed by atoms with Gasteiger partial charge in [-0.1, -0.05) is 39.0 Å². The lowest BCUT2D eigenvalue weighted by molar-refractivity contribution is 0.194. The van der Waals surface area contributed by atoms with E-state index in [-0.39, 0.29) is 6.03 Å². The Bertz CT molecular complexity index is 271. The van der Waals surface area contributed by atoms with Gasteiger partial charge in [0.15, 0.2) is 0 Å². The van der Waals surface area contributed by atoms with Gasteiger partial charge in [-0.25, -0.2) is 4.79 Å². The Kier molecular flexibility index (Phi) is 7.35. The van der Waals surface area contributed by atoms with Crippen LogP contribution < -0.4 is 5.32 Å². The van der Waals surface area contributed by atoms with Crippen LogP contribution in [0.25, 0.3) is 0 Å². The van der Waals surface area contributed by atoms with Crippen LogP contribution in [0.2, 0.25) is 0 Å². The summed E-state index contributed by atoms with van der Waals surface area (Å²) in [5.41, 5.74) is 1.19. The Morgan fingerprint density at radius 3 is 2.41 bits per heavy atom. The molecular weight excluding hydrogens is 212 g/mol. The molecule has 0 aliphatic rings. The standard InChI is InChI=1S/C14H26N2O/c1-7-8-9-16(14(17)15-6)10-12(4)13(5)11(2)3/h7,11-12H,1,5,8-10H2,2-4,6H3,(H,15,17). The van der Waals surface area contributed by atoms with Crippen molar-refractivity contribution in [1.82, 2.24) is 10.2 Å². The lowest BCUT2D eigenvalue weighted by Gasteiger charge is -2.27. The van der Waals surface area contributed by atoms with Crippen LogP contribution in [0.15, 0.2) is 24.8 Å². The molecule has 3 nitrogen and oxygen atoms in total. The number of urea groups is 1. The number of carbonyl (C=O) groups is 1. The summed E-state index contributed by atoms with van der Waals surface area (Å²) in [5, 5.41) is 2.67. The normalized spacial score (nSPS) is 12.1. The highest BCUT2D eigenvalue weighted by atomic mass is 16.2. The van der Waals surface area contributed by atoms with Gasteiger partial charge in [-0.05, 0) is 18.3 Å². The molecular formula is C14H26N2O. The lowest BCUT2D eigenvalue weighted by atomic mass is 9.92. The average Bonchev–Trinajstić information content (AvgIpc) is 2.31. The predicted octanol–water partition coefficient (Wildman–Crippen LogP) is 3.05. The minimum Gasteiger partial charge on any atom is -0.341 e. The van der Waals surface area contributed by atoms with E-state index in [0.29, 0.717) is 24.9 Å². The molecule has 0 spiro atoms. The van der Waals surface area contributed by atoms with Crippen molar-refractivity contribution in [2.24, 2.45) is 11.8 Å². The third-order valence-electron chi connectivity index (χ3n) is 2.97. The number of hydrogen-bond donors (Lipinski definition) is 1. The van der Waals surface area contributed by atoms with E-state index in [2.05, 4.69) is 39.2 Å². The molecule has 98 valence electrons. The first kappa shape index (κ1) is 15.8. The molecule has 0 fully saturated rings. The Hall–Kier alpha value is -1.25. The molecule has 0 saturated heterocycles. The van der Waals surface area contributed by atoms with Crippen LogP contribution in [-0.2, 0) is 0 Å². The van der Waals surface area contributed by atoms with Crippen molar-refractivity contribution < 1.29 is 4.79 Å². The smallest absolute Gasteiger partial charge is 0.317 e. The maximum Gasteiger partial charge on any atom is 0.317 e. The van der Waals surface area contributed by atoms with Crippen molar-refractivity contribution in [3.05, 3.63) is 24.8 Å². The molecule has 3 heteroatoms. The number of rotatable bonds is 7. The van der Waals surface area contributed by atoms with Crippen molar-refractivity contribution >= 4 is 6.03 Å². The van der Waals surface area contributed by atoms with Gasteiger partial charge < -0.3 is 10.2 Å². The first-order valence-corrected chi connectivity index (χ1v) is 6.20. The van der Waals surface area contributed by atoms with Crippen molar-refractivity contribution in [1.29, 1.82) is 0 Å². The second-order valence-corrected chi connectivity index (χ2v) is 4.71. The molecule has 0 aliphatic carbocycles. The highest BCUT2D eigenvalue weighted by Gasteiger charge is 2.17. The average molecular weight is 238 g/mol. The fraction of sp³-hybridized carbons (Fsp3) is 0.643. The molecule has 1 N–H and O–H groups in total. The summed E-state index contributed by atoms with van der Waals surface area (Å²) in [6.07, 6.45) is 2.65. The van der Waals surface area contributed by atoms with Gasteiger partial charge >= 0.3 is 6.03 Å². The fourth-order valence-corrected chi connectivity index (χ4v) is 1.70. The summed E-state index contributed by atoms with van der Waals surface area (Å²) in [6.45, 7) is 15.6. The minimum absolute atomic E-state index is 0.0322. The van der Waals surface area contributed by atoms with Crippen molar-refractivity contribution in [3.63, 3.8) is 0 Å². The molecule has 0 heterocycles. The zero-order chi connectivity index (χ0) is 13.4. The van der Waals surface area contributed by atoms with Crippen LogP contribution in [0.5, 0.6) is 0 Å². The zero-order valence-corrected chi connectivity index (χ0v) is 11.6. The first-order chi connectivity index (χ1) is 7.93. The maximum absolute atomic E-state index is 11.7. The van der Waals surface area contributed by atoms with E-state index in [1.165, 1.54) is 5.57 Å². The molecule has 1 atom stereocenters. The largest absolute Gasteiger partial charge is 0.341 e. The summed E-state index contributed by atoms with van der Waals surface area (Å²) in [7, 11) is 1.66. The van der Waals surface area contributed by atoms with Gasteiger partial charge in [-0.15, -0.1) is 6.58 Å². The van der Waals surface area contributed by atoms with E-state index in [1.807, 2.05) is 11.0 Å². The first-order valence-electron chi connectivity index (χ1n) is 6.20. The van der Waals surface area contributed by atoms with Gasteiger partial charge in [0.05, 0.1) is 0 Å². The number of carbonyl (C=O) groups excluding carboxylic acids is 1. The monoisotopic (exact) mass is 238 g/mol. The van der Waals surface area contributed by atoms with Crippen molar-refractivity contribution in [3.8, 4) is 0 Å². The molecule has 2 amide bonds. The maximum atomic E-state index is 11.7. The third kappa shape index (κ3) is 5.57. The highest BCUT2D eigenvalue weighted by molar-refractivity contribution is 5.73. The summed E-state index contributed by atoms with van der Waals surface area (Å²) >= 11 is 0. The predicted molar refractivity (Wildman–Crippen MR) is 74.0 cm³/mol. The Morgan fingerprint density at radius 2 is 2.00 bits per heavy atom. The summed E-state index contributed by atoms with van der Waals surface area (Å²) in [5.74, 6) is 0.771. The van der Waals surface area contributed by atoms with Crippen molar-refractivity contribution in [2.75, 3.05) is 20.1 Å². The molecule has 0 bridgehead atoms. The molecule has 0 aromatic rings. The van der Waals surface area contributed by atoms with E-state index in [0.717, 1.165) is 6.42 Å². The fourth-order valence-electron chi connectivity index (χ4n) is 1.70. The minimum atomic E-state index is -0.0322. The van der Waals surface area contributed by atoms with Crippen molar-refractivity contribution in [2.45, 2.75) is 27.2 Å². The lowest BCUT2D eigenvalue weighted by Crippen LogP contribution is -2.41. The molecule has 0 aliphatic heterocycles. The van der Waals surface area contributed by atoms with E-state index in [9.17, 15) is 4.79 Å². The molecule has 0 aromatic heterocycles. The molecule has 17 heavy (non-hydrogen) atoms. The van der Waals surface area contributed by atoms with Crippen LogP contribution in [0.3, 0.4) is 0 Å². The highest BCUT2D eigenvalue weighted by Crippen LogP contribution is 2.18. The van der Waals surface area contributed by atoms with E-state index in [4.69, 9.17) is 0 Å². The molecule has 0 aromatic carbocycles.